The van der Waals surface area contributed by atoms with Gasteiger partial charge >= 0.3 is 6.01 Å². The van der Waals surface area contributed by atoms with Crippen molar-refractivity contribution in [3.05, 3.63) is 40.5 Å². The summed E-state index contributed by atoms with van der Waals surface area (Å²) >= 11 is 5.90. The molecular weight excluding hydrogens is 276 g/mol. The Morgan fingerprint density at radius 2 is 2.05 bits per heavy atom. The molecule has 0 radical (unpaired) electrons. The molecule has 2 N–H and O–H groups in total. The van der Waals surface area contributed by atoms with Gasteiger partial charge in [-0.15, -0.1) is 0 Å². The van der Waals surface area contributed by atoms with E-state index in [-0.39, 0.29) is 0 Å². The van der Waals surface area contributed by atoms with Gasteiger partial charge in [-0.25, -0.2) is 0 Å². The second-order valence-corrected chi connectivity index (χ2v) is 4.98. The maximum Gasteiger partial charge on any atom is 0.318 e. The van der Waals surface area contributed by atoms with Crippen LogP contribution >= 0.6 is 11.6 Å². The second kappa shape index (κ2) is 5.64. The SMILES string of the molecule is COc1nc2c(c(Nc3ccc(Cl)cc3)n1)CCNC2. The van der Waals surface area contributed by atoms with Crippen LogP contribution in [0, 0.1) is 0 Å². The maximum absolute atomic E-state index is 5.90. The fraction of sp³-hybridized carbons (Fsp3) is 0.286. The number of nitrogens with zero attached hydrogens (tertiary/aromatic N) is 2. The molecule has 0 spiro atoms. The predicted octanol–water partition coefficient (Wildman–Crippen LogP) is 2.53. The highest BCUT2D eigenvalue weighted by Crippen LogP contribution is 2.26. The van der Waals surface area contributed by atoms with E-state index in [0.29, 0.717) is 11.0 Å². The molecule has 1 aliphatic heterocycles. The summed E-state index contributed by atoms with van der Waals surface area (Å²) in [4.78, 5) is 8.81. The molecule has 5 nitrogen and oxygen atoms in total. The van der Waals surface area contributed by atoms with Crippen LogP contribution in [0.1, 0.15) is 11.3 Å². The van der Waals surface area contributed by atoms with Gasteiger partial charge in [0.1, 0.15) is 5.82 Å². The average molecular weight is 291 g/mol. The molecular formula is C14H15ClN4O. The molecule has 1 aromatic heterocycles. The number of aromatic nitrogens is 2. The maximum atomic E-state index is 5.90. The second-order valence-electron chi connectivity index (χ2n) is 4.54. The number of halogens is 1. The quantitative estimate of drug-likeness (QED) is 0.910. The molecule has 0 amide bonds. The molecule has 0 aliphatic carbocycles. The first-order chi connectivity index (χ1) is 9.76. The summed E-state index contributed by atoms with van der Waals surface area (Å²) in [7, 11) is 1.57. The van der Waals surface area contributed by atoms with Crippen LogP contribution in [-0.2, 0) is 13.0 Å². The number of rotatable bonds is 3. The highest BCUT2D eigenvalue weighted by Gasteiger charge is 2.18. The first-order valence-corrected chi connectivity index (χ1v) is 6.81. The molecule has 1 aromatic carbocycles. The summed E-state index contributed by atoms with van der Waals surface area (Å²) in [6, 6.07) is 7.91. The van der Waals surface area contributed by atoms with Crippen molar-refractivity contribution in [1.29, 1.82) is 0 Å². The zero-order chi connectivity index (χ0) is 13.9. The van der Waals surface area contributed by atoms with Gasteiger partial charge in [0.2, 0.25) is 0 Å². The lowest BCUT2D eigenvalue weighted by molar-refractivity contribution is 0.376. The number of nitrogens with one attached hydrogen (secondary N) is 2. The third kappa shape index (κ3) is 2.69. The molecule has 3 rings (SSSR count). The Balaban J connectivity index is 1.96. The minimum Gasteiger partial charge on any atom is -0.467 e. The largest absolute Gasteiger partial charge is 0.467 e. The fourth-order valence-corrected chi connectivity index (χ4v) is 2.33. The van der Waals surface area contributed by atoms with Crippen molar-refractivity contribution in [2.24, 2.45) is 0 Å². The number of benzene rings is 1. The van der Waals surface area contributed by atoms with E-state index in [4.69, 9.17) is 16.3 Å². The molecule has 20 heavy (non-hydrogen) atoms. The topological polar surface area (TPSA) is 59.1 Å². The Bertz CT molecular complexity index is 615. The van der Waals surface area contributed by atoms with Crippen molar-refractivity contribution >= 4 is 23.1 Å². The average Bonchev–Trinajstić information content (AvgIpc) is 2.49. The Labute approximate surface area is 122 Å². The van der Waals surface area contributed by atoms with E-state index < -0.39 is 0 Å². The fourth-order valence-electron chi connectivity index (χ4n) is 2.20. The minimum atomic E-state index is 0.379. The lowest BCUT2D eigenvalue weighted by Gasteiger charge is -2.20. The summed E-state index contributed by atoms with van der Waals surface area (Å²) in [5, 5.41) is 7.33. The monoisotopic (exact) mass is 290 g/mol. The van der Waals surface area contributed by atoms with Crippen LogP contribution in [0.15, 0.2) is 24.3 Å². The van der Waals surface area contributed by atoms with Gasteiger partial charge < -0.3 is 15.4 Å². The van der Waals surface area contributed by atoms with Gasteiger partial charge in [-0.1, -0.05) is 11.6 Å². The summed E-state index contributed by atoms with van der Waals surface area (Å²) in [6.45, 7) is 1.67. The molecule has 0 saturated carbocycles. The zero-order valence-electron chi connectivity index (χ0n) is 11.1. The molecule has 0 atom stereocenters. The van der Waals surface area contributed by atoms with E-state index in [1.165, 1.54) is 0 Å². The molecule has 0 bridgehead atoms. The van der Waals surface area contributed by atoms with E-state index in [0.717, 1.165) is 42.3 Å². The van der Waals surface area contributed by atoms with E-state index in [9.17, 15) is 0 Å². The van der Waals surface area contributed by atoms with Gasteiger partial charge in [0.05, 0.1) is 12.8 Å². The smallest absolute Gasteiger partial charge is 0.318 e. The predicted molar refractivity (Wildman–Crippen MR) is 78.7 cm³/mol. The Morgan fingerprint density at radius 1 is 1.25 bits per heavy atom. The summed E-state index contributed by atoms with van der Waals surface area (Å²) < 4.78 is 5.17. The standard InChI is InChI=1S/C14H15ClN4O/c1-20-14-18-12-8-16-7-6-11(12)13(19-14)17-10-4-2-9(15)3-5-10/h2-5,16H,6-8H2,1H3,(H,17,18,19). The minimum absolute atomic E-state index is 0.379. The molecule has 1 aliphatic rings. The lowest BCUT2D eigenvalue weighted by atomic mass is 10.1. The summed E-state index contributed by atoms with van der Waals surface area (Å²) in [5.41, 5.74) is 3.06. The number of methoxy groups -OCH3 is 1. The van der Waals surface area contributed by atoms with Crippen molar-refractivity contribution < 1.29 is 4.74 Å². The Morgan fingerprint density at radius 3 is 2.80 bits per heavy atom. The van der Waals surface area contributed by atoms with Gasteiger partial charge in [0, 0.05) is 22.8 Å². The van der Waals surface area contributed by atoms with Crippen LogP contribution in [0.25, 0.3) is 0 Å². The van der Waals surface area contributed by atoms with Crippen LogP contribution < -0.4 is 15.4 Å². The van der Waals surface area contributed by atoms with Gasteiger partial charge in [-0.3, -0.25) is 0 Å². The zero-order valence-corrected chi connectivity index (χ0v) is 11.9. The van der Waals surface area contributed by atoms with Crippen LogP contribution in [0.3, 0.4) is 0 Å². The van der Waals surface area contributed by atoms with E-state index in [2.05, 4.69) is 20.6 Å². The van der Waals surface area contributed by atoms with Crippen molar-refractivity contribution in [1.82, 2.24) is 15.3 Å². The van der Waals surface area contributed by atoms with Crippen molar-refractivity contribution in [3.63, 3.8) is 0 Å². The molecule has 0 saturated heterocycles. The molecule has 104 valence electrons. The van der Waals surface area contributed by atoms with Crippen molar-refractivity contribution in [2.75, 3.05) is 19.0 Å². The van der Waals surface area contributed by atoms with Crippen LogP contribution in [0.2, 0.25) is 5.02 Å². The number of hydrogen-bond acceptors (Lipinski definition) is 5. The number of hydrogen-bond donors (Lipinski definition) is 2. The van der Waals surface area contributed by atoms with Crippen LogP contribution in [0.5, 0.6) is 6.01 Å². The lowest BCUT2D eigenvalue weighted by Crippen LogP contribution is -2.26. The highest BCUT2D eigenvalue weighted by molar-refractivity contribution is 6.30. The Kier molecular flexibility index (Phi) is 3.71. The Hall–Kier alpha value is -1.85. The van der Waals surface area contributed by atoms with Gasteiger partial charge in [0.15, 0.2) is 0 Å². The van der Waals surface area contributed by atoms with Gasteiger partial charge in [-0.2, -0.15) is 9.97 Å². The van der Waals surface area contributed by atoms with E-state index in [1.807, 2.05) is 24.3 Å². The number of anilines is 2. The molecule has 0 unspecified atom stereocenters. The molecule has 6 heteroatoms. The van der Waals surface area contributed by atoms with Crippen molar-refractivity contribution in [2.45, 2.75) is 13.0 Å². The van der Waals surface area contributed by atoms with E-state index >= 15 is 0 Å². The molecule has 0 fully saturated rings. The molecule has 2 heterocycles. The van der Waals surface area contributed by atoms with Gasteiger partial charge in [-0.05, 0) is 37.2 Å². The van der Waals surface area contributed by atoms with Crippen molar-refractivity contribution in [3.8, 4) is 6.01 Å². The summed E-state index contributed by atoms with van der Waals surface area (Å²) in [6.07, 6.45) is 0.898. The normalized spacial score (nSPS) is 13.7. The molecule has 2 aromatic rings. The third-order valence-corrected chi connectivity index (χ3v) is 3.46. The first-order valence-electron chi connectivity index (χ1n) is 6.43. The van der Waals surface area contributed by atoms with Crippen LogP contribution in [0.4, 0.5) is 11.5 Å². The van der Waals surface area contributed by atoms with Gasteiger partial charge in [0.25, 0.3) is 0 Å². The summed E-state index contributed by atoms with van der Waals surface area (Å²) in [5.74, 6) is 0.802. The number of fused-ring (bicyclic) bond motifs is 1. The van der Waals surface area contributed by atoms with E-state index in [1.54, 1.807) is 7.11 Å². The van der Waals surface area contributed by atoms with Crippen LogP contribution in [-0.4, -0.2) is 23.6 Å². The number of ether oxygens (including phenoxy) is 1. The highest BCUT2D eigenvalue weighted by atomic mass is 35.5. The first kappa shape index (κ1) is 13.1. The third-order valence-electron chi connectivity index (χ3n) is 3.21.